The molecule has 4 aromatic rings. The second-order valence-corrected chi connectivity index (χ2v) is 9.62. The van der Waals surface area contributed by atoms with Crippen molar-refractivity contribution in [3.05, 3.63) is 89.1 Å². The van der Waals surface area contributed by atoms with Gasteiger partial charge in [-0.1, -0.05) is 12.1 Å². The van der Waals surface area contributed by atoms with Gasteiger partial charge in [-0.2, -0.15) is 5.26 Å². The van der Waals surface area contributed by atoms with Crippen molar-refractivity contribution in [3.63, 3.8) is 0 Å². The van der Waals surface area contributed by atoms with Crippen LogP contribution in [-0.2, 0) is 0 Å². The molecule has 0 aliphatic carbocycles. The molecule has 1 fully saturated rings. The first-order chi connectivity index (χ1) is 17.8. The van der Waals surface area contributed by atoms with Gasteiger partial charge in [0.2, 0.25) is 0 Å². The van der Waals surface area contributed by atoms with Crippen molar-refractivity contribution in [1.29, 1.82) is 5.26 Å². The second kappa shape index (κ2) is 10.1. The predicted octanol–water partition coefficient (Wildman–Crippen LogP) is 5.85. The average Bonchev–Trinajstić information content (AvgIpc) is 3.39. The van der Waals surface area contributed by atoms with Crippen LogP contribution in [0.4, 0.5) is 8.78 Å². The smallest absolute Gasteiger partial charge is 0.255 e. The fourth-order valence-corrected chi connectivity index (χ4v) is 5.05. The number of halogens is 2. The molecule has 1 amide bonds. The number of carbonyl (C=O) groups is 1. The molecule has 1 aromatic heterocycles. The molecule has 0 radical (unpaired) electrons. The number of hydrogen-bond acceptors (Lipinski definition) is 4. The van der Waals surface area contributed by atoms with Crippen molar-refractivity contribution in [2.24, 2.45) is 0 Å². The van der Waals surface area contributed by atoms with E-state index in [4.69, 9.17) is 0 Å². The summed E-state index contributed by atoms with van der Waals surface area (Å²) in [6, 6.07) is 16.4. The fourth-order valence-electron chi connectivity index (χ4n) is 5.05. The van der Waals surface area contributed by atoms with Crippen molar-refractivity contribution >= 4 is 16.8 Å². The van der Waals surface area contributed by atoms with Crippen molar-refractivity contribution in [3.8, 4) is 28.3 Å². The highest BCUT2D eigenvalue weighted by Gasteiger charge is 2.25. The van der Waals surface area contributed by atoms with Crippen LogP contribution in [0.2, 0.25) is 0 Å². The van der Waals surface area contributed by atoms with E-state index in [9.17, 15) is 18.8 Å². The maximum atomic E-state index is 14.4. The maximum absolute atomic E-state index is 14.4. The number of rotatable bonds is 5. The molecule has 0 spiro atoms. The maximum Gasteiger partial charge on any atom is 0.255 e. The van der Waals surface area contributed by atoms with E-state index in [1.165, 1.54) is 24.3 Å². The predicted molar refractivity (Wildman–Crippen MR) is 140 cm³/mol. The molecular weight excluding hydrogens is 470 g/mol. The average molecular weight is 497 g/mol. The minimum absolute atomic E-state index is 0.202. The fraction of sp³-hybridized carbons (Fsp3) is 0.233. The molecule has 0 bridgehead atoms. The van der Waals surface area contributed by atoms with E-state index < -0.39 is 11.6 Å². The Kier molecular flexibility index (Phi) is 6.68. The number of benzene rings is 3. The Morgan fingerprint density at radius 1 is 1.08 bits per heavy atom. The summed E-state index contributed by atoms with van der Waals surface area (Å²) < 4.78 is 28.6. The van der Waals surface area contributed by atoms with Gasteiger partial charge >= 0.3 is 0 Å². The Hall–Kier alpha value is -4.15. The minimum Gasteiger partial charge on any atom is -0.340 e. The quantitative estimate of drug-likeness (QED) is 0.376. The Balaban J connectivity index is 1.71. The first kappa shape index (κ1) is 24.5. The first-order valence-electron chi connectivity index (χ1n) is 12.2. The summed E-state index contributed by atoms with van der Waals surface area (Å²) in [6.07, 6.45) is 3.68. The Morgan fingerprint density at radius 3 is 2.59 bits per heavy atom. The summed E-state index contributed by atoms with van der Waals surface area (Å²) in [5, 5.41) is 13.3. The van der Waals surface area contributed by atoms with E-state index in [1.807, 2.05) is 12.1 Å². The largest absolute Gasteiger partial charge is 0.340 e. The van der Waals surface area contributed by atoms with Gasteiger partial charge in [0.05, 0.1) is 22.7 Å². The van der Waals surface area contributed by atoms with Crippen LogP contribution in [-0.4, -0.2) is 42.0 Å². The number of aryl methyl sites for hydroxylation is 1. The highest BCUT2D eigenvalue weighted by molar-refractivity contribution is 6.12. The monoisotopic (exact) mass is 496 g/mol. The van der Waals surface area contributed by atoms with Gasteiger partial charge in [0.25, 0.3) is 5.91 Å². The zero-order valence-electron chi connectivity index (χ0n) is 20.7. The second-order valence-electron chi connectivity index (χ2n) is 9.62. The highest BCUT2D eigenvalue weighted by atomic mass is 19.1. The number of fused-ring (bicyclic) bond motifs is 1. The number of carbonyl (C=O) groups excluding carboxylic acids is 1. The van der Waals surface area contributed by atoms with Gasteiger partial charge in [-0.05, 0) is 91.0 Å². The number of likely N-dealkylation sites (N-methyl/N-ethyl adjacent to an activating group) is 1. The van der Waals surface area contributed by atoms with Gasteiger partial charge < -0.3 is 10.2 Å². The third-order valence-electron chi connectivity index (χ3n) is 6.80. The van der Waals surface area contributed by atoms with Crippen LogP contribution in [0.5, 0.6) is 0 Å². The van der Waals surface area contributed by atoms with Crippen LogP contribution < -0.4 is 5.32 Å². The number of nitrogens with one attached hydrogen (secondary N) is 1. The molecule has 0 unspecified atom stereocenters. The van der Waals surface area contributed by atoms with Crippen molar-refractivity contribution in [2.75, 3.05) is 20.1 Å². The number of amides is 1. The van der Waals surface area contributed by atoms with Gasteiger partial charge in [0.15, 0.2) is 0 Å². The lowest BCUT2D eigenvalue weighted by Gasteiger charge is -2.24. The zero-order valence-corrected chi connectivity index (χ0v) is 20.7. The van der Waals surface area contributed by atoms with Crippen LogP contribution in [0.15, 0.2) is 60.8 Å². The van der Waals surface area contributed by atoms with Gasteiger partial charge in [-0.25, -0.2) is 8.78 Å². The summed E-state index contributed by atoms with van der Waals surface area (Å²) in [7, 11) is 1.77. The topological polar surface area (TPSA) is 69.0 Å². The lowest BCUT2D eigenvalue weighted by atomic mass is 9.93. The van der Waals surface area contributed by atoms with Crippen LogP contribution in [0.3, 0.4) is 0 Å². The van der Waals surface area contributed by atoms with E-state index in [2.05, 4.69) is 10.3 Å². The van der Waals surface area contributed by atoms with E-state index in [1.54, 1.807) is 49.3 Å². The third kappa shape index (κ3) is 5.07. The Labute approximate surface area is 214 Å². The number of hydrogen-bond donors (Lipinski definition) is 1. The van der Waals surface area contributed by atoms with Crippen LogP contribution >= 0.6 is 0 Å². The molecule has 1 aliphatic rings. The zero-order chi connectivity index (χ0) is 26.1. The van der Waals surface area contributed by atoms with Crippen LogP contribution in [0, 0.1) is 29.9 Å². The van der Waals surface area contributed by atoms with Crippen molar-refractivity contribution < 1.29 is 13.6 Å². The summed E-state index contributed by atoms with van der Waals surface area (Å²) in [6.45, 7) is 3.27. The molecule has 186 valence electrons. The molecule has 7 heteroatoms. The molecular formula is C30H26F2N4O. The SMILES string of the molecule is Cc1cc(F)cc(-c2cnc3ccc(-c4cc(F)cc(C#N)c4)cc3c2C(=O)N(C)C[C@@H]2CCCN2)c1. The van der Waals surface area contributed by atoms with Crippen molar-refractivity contribution in [2.45, 2.75) is 25.8 Å². The van der Waals surface area contributed by atoms with Gasteiger partial charge in [-0.3, -0.25) is 9.78 Å². The molecule has 37 heavy (non-hydrogen) atoms. The summed E-state index contributed by atoms with van der Waals surface area (Å²) >= 11 is 0. The van der Waals surface area contributed by atoms with Gasteiger partial charge in [-0.15, -0.1) is 0 Å². The lowest BCUT2D eigenvalue weighted by molar-refractivity contribution is 0.0786. The van der Waals surface area contributed by atoms with Crippen molar-refractivity contribution in [1.82, 2.24) is 15.2 Å². The third-order valence-corrected chi connectivity index (χ3v) is 6.80. The molecule has 1 atom stereocenters. The van der Waals surface area contributed by atoms with E-state index >= 15 is 0 Å². The summed E-state index contributed by atoms with van der Waals surface area (Å²) in [4.78, 5) is 20.3. The number of nitrogens with zero attached hydrogens (tertiary/aromatic N) is 3. The standard InChI is InChI=1S/C30H26F2N4O/c1-18-8-22(13-23(31)9-18)27-16-35-28-6-5-20(21-10-19(15-33)11-24(32)12-21)14-26(28)29(27)30(37)36(2)17-25-4-3-7-34-25/h5-6,8-14,16,25,34H,3-4,7,17H2,1-2H3/t25-/m0/s1. The van der Waals surface area contributed by atoms with Gasteiger partial charge in [0, 0.05) is 36.8 Å². The van der Waals surface area contributed by atoms with Gasteiger partial charge in [0.1, 0.15) is 11.6 Å². The van der Waals surface area contributed by atoms with Crippen LogP contribution in [0.25, 0.3) is 33.2 Å². The molecule has 1 N–H and O–H groups in total. The first-order valence-corrected chi connectivity index (χ1v) is 12.2. The van der Waals surface area contributed by atoms with E-state index in [0.717, 1.165) is 24.9 Å². The lowest BCUT2D eigenvalue weighted by Crippen LogP contribution is -2.38. The number of nitriles is 1. The molecule has 1 saturated heterocycles. The summed E-state index contributed by atoms with van der Waals surface area (Å²) in [5.41, 5.74) is 4.19. The molecule has 5 nitrogen and oxygen atoms in total. The number of pyridine rings is 1. The molecule has 0 saturated carbocycles. The van der Waals surface area contributed by atoms with E-state index in [0.29, 0.717) is 45.3 Å². The van der Waals surface area contributed by atoms with E-state index in [-0.39, 0.29) is 17.5 Å². The Bertz CT molecular complexity index is 1530. The Morgan fingerprint density at radius 2 is 1.86 bits per heavy atom. The molecule has 5 rings (SSSR count). The number of aromatic nitrogens is 1. The highest BCUT2D eigenvalue weighted by Crippen LogP contribution is 2.34. The molecule has 2 heterocycles. The normalized spacial score (nSPS) is 15.1. The molecule has 3 aromatic carbocycles. The van der Waals surface area contributed by atoms with Crippen LogP contribution in [0.1, 0.15) is 34.3 Å². The molecule has 1 aliphatic heterocycles. The minimum atomic E-state index is -0.517. The summed E-state index contributed by atoms with van der Waals surface area (Å²) in [5.74, 6) is -1.11.